The Morgan fingerprint density at radius 2 is 1.90 bits per heavy atom. The van der Waals surface area contributed by atoms with Gasteiger partial charge >= 0.3 is 5.97 Å². The molecular formula is C12H15ClN2O5. The third-order valence-electron chi connectivity index (χ3n) is 2.43. The van der Waals surface area contributed by atoms with Crippen LogP contribution in [0.2, 0.25) is 0 Å². The lowest BCUT2D eigenvalue weighted by atomic mass is 10.1. The number of nitrogens with zero attached hydrogens (tertiary/aromatic N) is 1. The third kappa shape index (κ3) is 3.05. The minimum Gasteiger partial charge on any atom is -0.493 e. The molecule has 0 saturated heterocycles. The summed E-state index contributed by atoms with van der Waals surface area (Å²) in [6, 6.07) is 1.28. The van der Waals surface area contributed by atoms with E-state index in [1.807, 2.05) is 0 Å². The summed E-state index contributed by atoms with van der Waals surface area (Å²) in [5, 5.41) is 9.26. The van der Waals surface area contributed by atoms with Crippen LogP contribution >= 0.6 is 11.6 Å². The molecular weight excluding hydrogens is 288 g/mol. The van der Waals surface area contributed by atoms with Crippen molar-refractivity contribution in [3.63, 3.8) is 0 Å². The molecule has 0 aliphatic heterocycles. The molecule has 8 heteroatoms. The molecule has 0 saturated carbocycles. The van der Waals surface area contributed by atoms with Crippen LogP contribution in [0.1, 0.15) is 10.4 Å². The SMILES string of the molecule is COc1cc(C(=O)O)c(N=C(N)CCl)c(OC)c1OC. The Labute approximate surface area is 120 Å². The molecule has 0 bridgehead atoms. The van der Waals surface area contributed by atoms with E-state index in [9.17, 15) is 9.90 Å². The van der Waals surface area contributed by atoms with Crippen LogP contribution in [0, 0.1) is 0 Å². The first-order valence-electron chi connectivity index (χ1n) is 5.45. The number of carboxylic acid groups (broad SMARTS) is 1. The maximum atomic E-state index is 11.3. The first-order valence-corrected chi connectivity index (χ1v) is 5.98. The van der Waals surface area contributed by atoms with Crippen molar-refractivity contribution < 1.29 is 24.1 Å². The van der Waals surface area contributed by atoms with Crippen molar-refractivity contribution in [2.45, 2.75) is 0 Å². The molecule has 0 radical (unpaired) electrons. The van der Waals surface area contributed by atoms with Crippen molar-refractivity contribution in [3.05, 3.63) is 11.6 Å². The molecule has 0 unspecified atom stereocenters. The van der Waals surface area contributed by atoms with Crippen LogP contribution in [0.5, 0.6) is 17.2 Å². The summed E-state index contributed by atoms with van der Waals surface area (Å²) in [6.45, 7) is 0. The summed E-state index contributed by atoms with van der Waals surface area (Å²) in [7, 11) is 4.15. The second kappa shape index (κ2) is 6.85. The minimum absolute atomic E-state index is 0.0239. The van der Waals surface area contributed by atoms with E-state index < -0.39 is 5.97 Å². The van der Waals surface area contributed by atoms with Crippen LogP contribution in [0.4, 0.5) is 5.69 Å². The Balaban J connectivity index is 3.71. The van der Waals surface area contributed by atoms with Gasteiger partial charge < -0.3 is 25.1 Å². The Morgan fingerprint density at radius 3 is 2.30 bits per heavy atom. The molecule has 0 heterocycles. The zero-order valence-corrected chi connectivity index (χ0v) is 12.0. The molecule has 0 spiro atoms. The number of halogens is 1. The number of alkyl halides is 1. The highest BCUT2D eigenvalue weighted by Gasteiger charge is 2.24. The van der Waals surface area contributed by atoms with Crippen LogP contribution in [0.25, 0.3) is 0 Å². The largest absolute Gasteiger partial charge is 0.493 e. The lowest BCUT2D eigenvalue weighted by Gasteiger charge is -2.16. The summed E-state index contributed by atoms with van der Waals surface area (Å²) >= 11 is 5.56. The van der Waals surface area contributed by atoms with Crippen LogP contribution < -0.4 is 19.9 Å². The van der Waals surface area contributed by atoms with Gasteiger partial charge in [0.05, 0.1) is 32.8 Å². The molecule has 0 atom stereocenters. The number of aromatic carboxylic acids is 1. The molecule has 0 aliphatic carbocycles. The summed E-state index contributed by atoms with van der Waals surface area (Å²) in [5.41, 5.74) is 5.45. The smallest absolute Gasteiger partial charge is 0.338 e. The molecule has 0 amide bonds. The van der Waals surface area contributed by atoms with Crippen molar-refractivity contribution in [2.75, 3.05) is 27.2 Å². The van der Waals surface area contributed by atoms with Gasteiger partial charge in [-0.1, -0.05) is 0 Å². The molecule has 1 rings (SSSR count). The number of carbonyl (C=O) groups is 1. The Morgan fingerprint density at radius 1 is 1.30 bits per heavy atom. The number of benzene rings is 1. The molecule has 20 heavy (non-hydrogen) atoms. The van der Waals surface area contributed by atoms with E-state index in [0.717, 1.165) is 0 Å². The standard InChI is InChI=1S/C12H15ClN2O5/c1-18-7-4-6(12(16)17)9(15-8(14)5-13)11(20-3)10(7)19-2/h4H,5H2,1-3H3,(H2,14,15)(H,16,17). The molecule has 110 valence electrons. The van der Waals surface area contributed by atoms with E-state index >= 15 is 0 Å². The van der Waals surface area contributed by atoms with Gasteiger partial charge in [0, 0.05) is 6.07 Å². The highest BCUT2D eigenvalue weighted by molar-refractivity contribution is 6.28. The maximum absolute atomic E-state index is 11.3. The molecule has 0 fully saturated rings. The lowest BCUT2D eigenvalue weighted by molar-refractivity contribution is 0.0697. The van der Waals surface area contributed by atoms with Gasteiger partial charge in [-0.3, -0.25) is 0 Å². The van der Waals surface area contributed by atoms with Crippen LogP contribution in [-0.4, -0.2) is 44.1 Å². The van der Waals surface area contributed by atoms with Gasteiger partial charge in [0.2, 0.25) is 5.75 Å². The van der Waals surface area contributed by atoms with Crippen molar-refractivity contribution in [2.24, 2.45) is 10.7 Å². The van der Waals surface area contributed by atoms with Gasteiger partial charge in [-0.2, -0.15) is 0 Å². The zero-order valence-electron chi connectivity index (χ0n) is 11.3. The average molecular weight is 303 g/mol. The molecule has 1 aromatic rings. The predicted octanol–water partition coefficient (Wildman–Crippen LogP) is 1.64. The number of hydrogen-bond donors (Lipinski definition) is 2. The number of methoxy groups -OCH3 is 3. The van der Waals surface area contributed by atoms with Crippen molar-refractivity contribution in [1.29, 1.82) is 0 Å². The summed E-state index contributed by atoms with van der Waals surface area (Å²) in [4.78, 5) is 15.3. The first-order chi connectivity index (χ1) is 9.49. The fourth-order valence-electron chi connectivity index (χ4n) is 1.59. The average Bonchev–Trinajstić information content (AvgIpc) is 2.45. The molecule has 3 N–H and O–H groups in total. The van der Waals surface area contributed by atoms with Crippen molar-refractivity contribution in [1.82, 2.24) is 0 Å². The van der Waals surface area contributed by atoms with Gasteiger partial charge in [-0.05, 0) is 0 Å². The monoisotopic (exact) mass is 302 g/mol. The fraction of sp³-hybridized carbons (Fsp3) is 0.333. The summed E-state index contributed by atoms with van der Waals surface area (Å²) in [5.74, 6) is -0.648. The predicted molar refractivity (Wildman–Crippen MR) is 75.1 cm³/mol. The highest BCUT2D eigenvalue weighted by atomic mass is 35.5. The molecule has 1 aromatic carbocycles. The Bertz CT molecular complexity index is 545. The highest BCUT2D eigenvalue weighted by Crippen LogP contribution is 2.46. The number of ether oxygens (including phenoxy) is 3. The van der Waals surface area contributed by atoms with E-state index in [1.54, 1.807) is 0 Å². The van der Waals surface area contributed by atoms with E-state index in [-0.39, 0.29) is 40.2 Å². The fourth-order valence-corrected chi connectivity index (χ4v) is 1.65. The number of rotatable bonds is 6. The summed E-state index contributed by atoms with van der Waals surface area (Å²) < 4.78 is 15.4. The normalized spacial score (nSPS) is 11.1. The third-order valence-corrected chi connectivity index (χ3v) is 2.70. The van der Waals surface area contributed by atoms with Crippen LogP contribution in [0.3, 0.4) is 0 Å². The van der Waals surface area contributed by atoms with E-state index in [0.29, 0.717) is 0 Å². The van der Waals surface area contributed by atoms with E-state index in [2.05, 4.69) is 4.99 Å². The number of aliphatic imine (C=N–C) groups is 1. The lowest BCUT2D eigenvalue weighted by Crippen LogP contribution is -2.13. The number of amidine groups is 1. The first kappa shape index (κ1) is 15.9. The van der Waals surface area contributed by atoms with Crippen LogP contribution in [-0.2, 0) is 0 Å². The Hall–Kier alpha value is -2.15. The second-order valence-corrected chi connectivity index (χ2v) is 3.85. The molecule has 0 aliphatic rings. The Kier molecular flexibility index (Phi) is 5.45. The number of nitrogens with two attached hydrogens (primary N) is 1. The minimum atomic E-state index is -1.20. The van der Waals surface area contributed by atoms with Crippen LogP contribution in [0.15, 0.2) is 11.1 Å². The van der Waals surface area contributed by atoms with Crippen molar-refractivity contribution in [3.8, 4) is 17.2 Å². The quantitative estimate of drug-likeness (QED) is 0.470. The zero-order chi connectivity index (χ0) is 15.3. The van der Waals surface area contributed by atoms with Crippen molar-refractivity contribution >= 4 is 29.1 Å². The van der Waals surface area contributed by atoms with Gasteiger partial charge in [0.25, 0.3) is 0 Å². The van der Waals surface area contributed by atoms with Gasteiger partial charge in [0.15, 0.2) is 11.5 Å². The topological polar surface area (TPSA) is 103 Å². The molecule has 0 aromatic heterocycles. The van der Waals surface area contributed by atoms with E-state index in [1.165, 1.54) is 27.4 Å². The van der Waals surface area contributed by atoms with Gasteiger partial charge in [0.1, 0.15) is 11.5 Å². The molecule has 7 nitrogen and oxygen atoms in total. The maximum Gasteiger partial charge on any atom is 0.338 e. The number of hydrogen-bond acceptors (Lipinski definition) is 5. The van der Waals surface area contributed by atoms with Gasteiger partial charge in [-0.15, -0.1) is 11.6 Å². The number of carboxylic acids is 1. The van der Waals surface area contributed by atoms with E-state index in [4.69, 9.17) is 31.5 Å². The van der Waals surface area contributed by atoms with Gasteiger partial charge in [-0.25, -0.2) is 9.79 Å². The second-order valence-electron chi connectivity index (χ2n) is 3.58. The summed E-state index contributed by atoms with van der Waals surface area (Å²) in [6.07, 6.45) is 0.